The van der Waals surface area contributed by atoms with Crippen LogP contribution in [0.15, 0.2) is 67.3 Å². The molecule has 5 nitrogen and oxygen atoms in total. The highest BCUT2D eigenvalue weighted by Crippen LogP contribution is 2.15. The topological polar surface area (TPSA) is 50.4 Å². The van der Waals surface area contributed by atoms with Crippen molar-refractivity contribution in [2.45, 2.75) is 6.42 Å². The quantitative estimate of drug-likeness (QED) is 0.465. The average molecular weight is 315 g/mol. The lowest BCUT2D eigenvalue weighted by molar-refractivity contribution is -0.674. The summed E-state index contributed by atoms with van der Waals surface area (Å²) >= 11 is 0. The Bertz CT molecular complexity index is 953. The predicted octanol–water partition coefficient (Wildman–Crippen LogP) is 2.48. The zero-order valence-electron chi connectivity index (χ0n) is 13.3. The van der Waals surface area contributed by atoms with Crippen LogP contribution < -0.4 is 4.57 Å². The lowest BCUT2D eigenvalue weighted by Gasteiger charge is -2.07. The smallest absolute Gasteiger partial charge is 0.243 e. The average Bonchev–Trinajstić information content (AvgIpc) is 3.27. The number of nitrogens with one attached hydrogen (secondary N) is 1. The third kappa shape index (κ3) is 2.96. The maximum absolute atomic E-state index is 4.66. The van der Waals surface area contributed by atoms with E-state index in [9.17, 15) is 0 Å². The number of aromatic amines is 1. The van der Waals surface area contributed by atoms with E-state index in [2.05, 4.69) is 45.5 Å². The van der Waals surface area contributed by atoms with E-state index in [1.165, 1.54) is 5.56 Å². The normalized spacial score (nSPS) is 10.9. The number of H-pyrrole nitrogens is 1. The van der Waals surface area contributed by atoms with Gasteiger partial charge in [0.05, 0.1) is 18.4 Å². The molecule has 0 aliphatic heterocycles. The molecule has 0 radical (unpaired) electrons. The molecule has 0 spiro atoms. The molecule has 4 aromatic rings. The molecule has 1 N–H and O–H groups in total. The maximum Gasteiger partial charge on any atom is 0.243 e. The summed E-state index contributed by atoms with van der Waals surface area (Å²) in [5.74, 6) is 0.722. The van der Waals surface area contributed by atoms with Crippen molar-refractivity contribution in [3.63, 3.8) is 0 Å². The first-order chi connectivity index (χ1) is 11.8. The highest BCUT2D eigenvalue weighted by atomic mass is 15.1. The van der Waals surface area contributed by atoms with Gasteiger partial charge in [-0.05, 0) is 23.8 Å². The van der Waals surface area contributed by atoms with Crippen LogP contribution in [-0.2, 0) is 13.5 Å². The van der Waals surface area contributed by atoms with Gasteiger partial charge < -0.3 is 14.1 Å². The van der Waals surface area contributed by atoms with Gasteiger partial charge in [-0.15, -0.1) is 0 Å². The monoisotopic (exact) mass is 315 g/mol. The summed E-state index contributed by atoms with van der Waals surface area (Å²) in [6.07, 6.45) is 11.6. The van der Waals surface area contributed by atoms with Gasteiger partial charge in [-0.25, -0.2) is 9.97 Å². The fraction of sp³-hybridized carbons (Fsp3) is 0.105. The molecule has 0 aliphatic rings. The lowest BCUT2D eigenvalue weighted by Crippen LogP contribution is -2.24. The molecule has 118 valence electrons. The van der Waals surface area contributed by atoms with Crippen LogP contribution in [0.4, 0.5) is 0 Å². The summed E-state index contributed by atoms with van der Waals surface area (Å²) in [6.45, 7) is 0. The molecule has 4 rings (SSSR count). The fourth-order valence-corrected chi connectivity index (χ4v) is 2.67. The summed E-state index contributed by atoms with van der Waals surface area (Å²) in [5.41, 5.74) is 4.22. The van der Waals surface area contributed by atoms with Gasteiger partial charge in [0, 0.05) is 36.9 Å². The lowest BCUT2D eigenvalue weighted by atomic mass is 10.1. The molecule has 0 saturated heterocycles. The molecule has 1 aromatic carbocycles. The van der Waals surface area contributed by atoms with E-state index in [-0.39, 0.29) is 0 Å². The van der Waals surface area contributed by atoms with Crippen molar-refractivity contribution in [2.75, 3.05) is 0 Å². The molecule has 0 bridgehead atoms. The minimum atomic E-state index is 0.722. The van der Waals surface area contributed by atoms with Crippen molar-refractivity contribution in [1.82, 2.24) is 19.5 Å². The van der Waals surface area contributed by atoms with Gasteiger partial charge in [0.15, 0.2) is 5.82 Å². The number of hydrogen-bond donors (Lipinski definition) is 1. The Morgan fingerprint density at radius 3 is 2.96 bits per heavy atom. The van der Waals surface area contributed by atoms with Gasteiger partial charge >= 0.3 is 0 Å². The summed E-state index contributed by atoms with van der Waals surface area (Å²) in [5, 5.41) is 0. The van der Waals surface area contributed by atoms with Crippen LogP contribution >= 0.6 is 0 Å². The molecule has 0 fully saturated rings. The van der Waals surface area contributed by atoms with Gasteiger partial charge in [0.25, 0.3) is 0 Å². The Hall–Kier alpha value is -3.21. The van der Waals surface area contributed by atoms with E-state index in [0.717, 1.165) is 29.3 Å². The van der Waals surface area contributed by atoms with Crippen molar-refractivity contribution >= 4 is 0 Å². The third-order valence-corrected chi connectivity index (χ3v) is 3.83. The second kappa shape index (κ2) is 6.12. The molecule has 0 atom stereocenters. The van der Waals surface area contributed by atoms with Gasteiger partial charge in [-0.1, -0.05) is 24.3 Å². The van der Waals surface area contributed by atoms with Crippen molar-refractivity contribution in [3.05, 3.63) is 84.8 Å². The summed E-state index contributed by atoms with van der Waals surface area (Å²) in [7, 11) is 1.96. The van der Waals surface area contributed by atoms with Gasteiger partial charge in [-0.2, -0.15) is 0 Å². The van der Waals surface area contributed by atoms with Crippen LogP contribution in [-0.4, -0.2) is 19.5 Å². The molecule has 0 unspecified atom stereocenters. The molecule has 0 saturated carbocycles. The second-order valence-electron chi connectivity index (χ2n) is 5.68. The number of aryl methyl sites for hydroxylation is 1. The number of imidazole rings is 1. The Kier molecular flexibility index (Phi) is 3.67. The molecule has 24 heavy (non-hydrogen) atoms. The van der Waals surface area contributed by atoms with Crippen molar-refractivity contribution in [1.29, 1.82) is 0 Å². The first-order valence-corrected chi connectivity index (χ1v) is 7.79. The maximum atomic E-state index is 4.66. The fourth-order valence-electron chi connectivity index (χ4n) is 2.67. The van der Waals surface area contributed by atoms with Crippen molar-refractivity contribution < 1.29 is 4.57 Å². The number of benzene rings is 1. The molecule has 0 aliphatic carbocycles. The van der Waals surface area contributed by atoms with E-state index in [0.29, 0.717) is 0 Å². The van der Waals surface area contributed by atoms with E-state index in [1.807, 2.05) is 59.2 Å². The Balaban J connectivity index is 1.61. The van der Waals surface area contributed by atoms with E-state index < -0.39 is 0 Å². The SMILES string of the molecule is C[n+]1[c-]n(-c2cccc(Cc3ccnc(-c4ccc[nH]4)n3)c2)cc1. The van der Waals surface area contributed by atoms with Gasteiger partial charge in [0.2, 0.25) is 6.33 Å². The molecular formula is C19H17N5. The Labute approximate surface area is 140 Å². The minimum absolute atomic E-state index is 0.722. The van der Waals surface area contributed by atoms with Crippen LogP contribution in [0.2, 0.25) is 0 Å². The first kappa shape index (κ1) is 14.4. The van der Waals surface area contributed by atoms with Crippen molar-refractivity contribution in [2.24, 2.45) is 7.05 Å². The molecule has 0 amide bonds. The zero-order valence-corrected chi connectivity index (χ0v) is 13.3. The molecule has 5 heteroatoms. The highest BCUT2D eigenvalue weighted by molar-refractivity contribution is 5.49. The van der Waals surface area contributed by atoms with Crippen LogP contribution in [0.25, 0.3) is 17.2 Å². The zero-order chi connectivity index (χ0) is 16.4. The minimum Gasteiger partial charge on any atom is -0.359 e. The first-order valence-electron chi connectivity index (χ1n) is 7.79. The van der Waals surface area contributed by atoms with E-state index in [4.69, 9.17) is 0 Å². The van der Waals surface area contributed by atoms with Crippen LogP contribution in [0.3, 0.4) is 0 Å². The number of hydrogen-bond acceptors (Lipinski definition) is 2. The largest absolute Gasteiger partial charge is 0.359 e. The summed E-state index contributed by atoms with van der Waals surface area (Å²) in [4.78, 5) is 12.1. The summed E-state index contributed by atoms with van der Waals surface area (Å²) < 4.78 is 3.88. The number of nitrogens with zero attached hydrogens (tertiary/aromatic N) is 4. The predicted molar refractivity (Wildman–Crippen MR) is 90.4 cm³/mol. The van der Waals surface area contributed by atoms with Gasteiger partial charge in [0.1, 0.15) is 0 Å². The Morgan fingerprint density at radius 1 is 1.21 bits per heavy atom. The van der Waals surface area contributed by atoms with Crippen molar-refractivity contribution in [3.8, 4) is 17.2 Å². The third-order valence-electron chi connectivity index (χ3n) is 3.83. The second-order valence-corrected chi connectivity index (χ2v) is 5.68. The number of aromatic nitrogens is 5. The molecular weight excluding hydrogens is 298 g/mol. The molecule has 3 aromatic heterocycles. The van der Waals surface area contributed by atoms with Crippen LogP contribution in [0.5, 0.6) is 0 Å². The van der Waals surface area contributed by atoms with Crippen LogP contribution in [0, 0.1) is 6.33 Å². The van der Waals surface area contributed by atoms with E-state index >= 15 is 0 Å². The highest BCUT2D eigenvalue weighted by Gasteiger charge is 2.05. The van der Waals surface area contributed by atoms with Gasteiger partial charge in [-0.3, -0.25) is 0 Å². The number of rotatable bonds is 4. The van der Waals surface area contributed by atoms with Crippen LogP contribution in [0.1, 0.15) is 11.3 Å². The molecule has 3 heterocycles. The summed E-state index contributed by atoms with van der Waals surface area (Å²) in [6, 6.07) is 14.3. The Morgan fingerprint density at radius 2 is 2.17 bits per heavy atom. The van der Waals surface area contributed by atoms with E-state index in [1.54, 1.807) is 0 Å². The standard InChI is InChI=1S/C19H17N5/c1-23-10-11-24(14-23)17-5-2-4-15(13-17)12-16-7-9-21-19(22-16)18-6-3-8-20-18/h2-11,13,20H,12H2,1H3.